The van der Waals surface area contributed by atoms with Crippen molar-refractivity contribution in [2.75, 3.05) is 13.2 Å². The molecule has 0 heterocycles. The van der Waals surface area contributed by atoms with E-state index in [0.29, 0.717) is 6.42 Å². The standard InChI is InChI=1S/C40H79O8P/c1-3-5-7-9-11-13-15-16-17-18-19-20-21-22-23-25-26-28-30-32-34-39(41)46-36-38(37-47-49(43,44)45)48-40(42)35-33-31-29-27-24-14-12-10-8-6-4-2/h38H,3-37H2,1-2H3,(H2,43,44,45)/t38-/m1/s1. The first kappa shape index (κ1) is 48.0. The first-order valence-corrected chi connectivity index (χ1v) is 22.4. The van der Waals surface area contributed by atoms with Crippen LogP contribution in [-0.4, -0.2) is 41.0 Å². The van der Waals surface area contributed by atoms with Crippen LogP contribution in [0.1, 0.15) is 226 Å². The molecule has 0 saturated heterocycles. The number of rotatable bonds is 39. The fraction of sp³-hybridized carbons (Fsp3) is 0.950. The lowest BCUT2D eigenvalue weighted by Gasteiger charge is -2.18. The minimum Gasteiger partial charge on any atom is -0.462 e. The van der Waals surface area contributed by atoms with Crippen molar-refractivity contribution in [3.63, 3.8) is 0 Å². The molecule has 0 fully saturated rings. The highest BCUT2D eigenvalue weighted by atomic mass is 31.2. The second-order valence-electron chi connectivity index (χ2n) is 14.3. The van der Waals surface area contributed by atoms with Crippen LogP contribution in [0.5, 0.6) is 0 Å². The van der Waals surface area contributed by atoms with Crippen LogP contribution in [0.3, 0.4) is 0 Å². The lowest BCUT2D eigenvalue weighted by Crippen LogP contribution is -2.29. The predicted molar refractivity (Wildman–Crippen MR) is 203 cm³/mol. The van der Waals surface area contributed by atoms with Crippen molar-refractivity contribution in [2.24, 2.45) is 0 Å². The van der Waals surface area contributed by atoms with Gasteiger partial charge in [0.15, 0.2) is 6.10 Å². The first-order valence-electron chi connectivity index (χ1n) is 20.8. The molecule has 0 aliphatic carbocycles. The zero-order valence-electron chi connectivity index (χ0n) is 32.1. The minimum absolute atomic E-state index is 0.219. The average Bonchev–Trinajstić information content (AvgIpc) is 3.07. The Bertz CT molecular complexity index is 771. The number of ether oxygens (including phenoxy) is 2. The van der Waals surface area contributed by atoms with E-state index in [2.05, 4.69) is 18.4 Å². The molecule has 292 valence electrons. The molecule has 0 aliphatic rings. The summed E-state index contributed by atoms with van der Waals surface area (Å²) >= 11 is 0. The minimum atomic E-state index is -4.74. The number of phosphoric ester groups is 1. The Balaban J connectivity index is 3.80. The van der Waals surface area contributed by atoms with Crippen molar-refractivity contribution in [2.45, 2.75) is 232 Å². The van der Waals surface area contributed by atoms with Crippen molar-refractivity contribution in [3.05, 3.63) is 0 Å². The Labute approximate surface area is 302 Å². The molecule has 9 heteroatoms. The van der Waals surface area contributed by atoms with Gasteiger partial charge in [0.25, 0.3) is 0 Å². The normalized spacial score (nSPS) is 12.3. The Morgan fingerprint density at radius 1 is 0.449 bits per heavy atom. The van der Waals surface area contributed by atoms with Gasteiger partial charge in [0.1, 0.15) is 6.61 Å². The molecule has 0 aromatic heterocycles. The summed E-state index contributed by atoms with van der Waals surface area (Å²) in [6, 6.07) is 0. The fourth-order valence-corrected chi connectivity index (χ4v) is 6.62. The van der Waals surface area contributed by atoms with Crippen LogP contribution >= 0.6 is 7.82 Å². The summed E-state index contributed by atoms with van der Waals surface area (Å²) in [5, 5.41) is 0. The van der Waals surface area contributed by atoms with E-state index in [1.807, 2.05) is 0 Å². The zero-order valence-corrected chi connectivity index (χ0v) is 33.0. The third-order valence-electron chi connectivity index (χ3n) is 9.38. The van der Waals surface area contributed by atoms with Crippen LogP contribution < -0.4 is 0 Å². The summed E-state index contributed by atoms with van der Waals surface area (Å²) in [7, 11) is -4.74. The summed E-state index contributed by atoms with van der Waals surface area (Å²) in [5.41, 5.74) is 0. The molecule has 2 N–H and O–H groups in total. The summed E-state index contributed by atoms with van der Waals surface area (Å²) in [5.74, 6) is -0.870. The molecule has 0 aliphatic heterocycles. The molecule has 0 aromatic rings. The molecule has 1 atom stereocenters. The van der Waals surface area contributed by atoms with Crippen molar-refractivity contribution >= 4 is 19.8 Å². The fourth-order valence-electron chi connectivity index (χ4n) is 6.26. The monoisotopic (exact) mass is 719 g/mol. The number of esters is 2. The van der Waals surface area contributed by atoms with Gasteiger partial charge in [-0.15, -0.1) is 0 Å². The number of unbranched alkanes of at least 4 members (excludes halogenated alkanes) is 29. The van der Waals surface area contributed by atoms with Crippen molar-refractivity contribution in [1.82, 2.24) is 0 Å². The van der Waals surface area contributed by atoms with Crippen molar-refractivity contribution in [3.8, 4) is 0 Å². The molecule has 0 radical (unpaired) electrons. The molecule has 0 amide bonds. The van der Waals surface area contributed by atoms with Gasteiger partial charge in [-0.05, 0) is 12.8 Å². The highest BCUT2D eigenvalue weighted by Crippen LogP contribution is 2.36. The maximum atomic E-state index is 12.3. The van der Waals surface area contributed by atoms with Crippen LogP contribution in [0, 0.1) is 0 Å². The van der Waals surface area contributed by atoms with Crippen LogP contribution in [0.4, 0.5) is 0 Å². The first-order chi connectivity index (χ1) is 23.8. The molecule has 8 nitrogen and oxygen atoms in total. The third kappa shape index (κ3) is 39.7. The van der Waals surface area contributed by atoms with Gasteiger partial charge in [0.2, 0.25) is 0 Å². The predicted octanol–water partition coefficient (Wildman–Crippen LogP) is 12.5. The summed E-state index contributed by atoms with van der Waals surface area (Å²) in [6.07, 6.45) is 38.3. The van der Waals surface area contributed by atoms with E-state index >= 15 is 0 Å². The van der Waals surface area contributed by atoms with Gasteiger partial charge < -0.3 is 19.3 Å². The summed E-state index contributed by atoms with van der Waals surface area (Å²) in [4.78, 5) is 42.7. The average molecular weight is 719 g/mol. The molecule has 0 rings (SSSR count). The number of carbonyl (C=O) groups is 2. The van der Waals surface area contributed by atoms with E-state index in [0.717, 1.165) is 38.5 Å². The topological polar surface area (TPSA) is 119 Å². The quantitative estimate of drug-likeness (QED) is 0.0366. The second kappa shape index (κ2) is 36.8. The smallest absolute Gasteiger partial charge is 0.462 e. The van der Waals surface area contributed by atoms with Gasteiger partial charge in [-0.3, -0.25) is 14.1 Å². The number of phosphoric acid groups is 1. The number of carbonyl (C=O) groups excluding carboxylic acids is 2. The van der Waals surface area contributed by atoms with Gasteiger partial charge in [0, 0.05) is 12.8 Å². The Hall–Kier alpha value is -0.950. The Morgan fingerprint density at radius 3 is 1.04 bits per heavy atom. The SMILES string of the molecule is CCCCCCCCCCCCCCCCCCCCCCC(=O)OC[C@H](COP(=O)(O)O)OC(=O)CCCCCCCCCCCCC. The summed E-state index contributed by atoms with van der Waals surface area (Å²) in [6.45, 7) is 3.70. The third-order valence-corrected chi connectivity index (χ3v) is 9.86. The Kier molecular flexibility index (Phi) is 36.1. The van der Waals surface area contributed by atoms with E-state index < -0.39 is 32.5 Å². The lowest BCUT2D eigenvalue weighted by atomic mass is 10.0. The zero-order chi connectivity index (χ0) is 36.1. The van der Waals surface area contributed by atoms with Crippen molar-refractivity contribution in [1.29, 1.82) is 0 Å². The second-order valence-corrected chi connectivity index (χ2v) is 15.6. The molecule has 0 unspecified atom stereocenters. The molecule has 0 aromatic carbocycles. The molecular formula is C40H79O8P. The van der Waals surface area contributed by atoms with Crippen LogP contribution in [0.2, 0.25) is 0 Å². The Morgan fingerprint density at radius 2 is 0.735 bits per heavy atom. The van der Waals surface area contributed by atoms with Crippen molar-refractivity contribution < 1.29 is 37.9 Å². The van der Waals surface area contributed by atoms with E-state index in [-0.39, 0.29) is 19.4 Å². The van der Waals surface area contributed by atoms with Gasteiger partial charge in [-0.2, -0.15) is 0 Å². The number of hydrogen-bond donors (Lipinski definition) is 2. The van der Waals surface area contributed by atoms with Gasteiger partial charge in [-0.25, -0.2) is 4.57 Å². The van der Waals surface area contributed by atoms with E-state index in [1.54, 1.807) is 0 Å². The molecule has 0 bridgehead atoms. The maximum Gasteiger partial charge on any atom is 0.469 e. The van der Waals surface area contributed by atoms with Gasteiger partial charge >= 0.3 is 19.8 Å². The summed E-state index contributed by atoms with van der Waals surface area (Å²) < 4.78 is 26.3. The van der Waals surface area contributed by atoms with Gasteiger partial charge in [-0.1, -0.05) is 200 Å². The number of hydrogen-bond acceptors (Lipinski definition) is 6. The van der Waals surface area contributed by atoms with Crippen LogP contribution in [-0.2, 0) is 28.2 Å². The largest absolute Gasteiger partial charge is 0.469 e. The van der Waals surface area contributed by atoms with Gasteiger partial charge in [0.05, 0.1) is 6.61 Å². The lowest BCUT2D eigenvalue weighted by molar-refractivity contribution is -0.161. The molecule has 0 saturated carbocycles. The van der Waals surface area contributed by atoms with E-state index in [4.69, 9.17) is 19.3 Å². The maximum absolute atomic E-state index is 12.3. The molecular weight excluding hydrogens is 639 g/mol. The highest BCUT2D eigenvalue weighted by Gasteiger charge is 2.22. The van der Waals surface area contributed by atoms with Crippen LogP contribution in [0.25, 0.3) is 0 Å². The molecule has 0 spiro atoms. The van der Waals surface area contributed by atoms with Crippen LogP contribution in [0.15, 0.2) is 0 Å². The van der Waals surface area contributed by atoms with E-state index in [1.165, 1.54) is 154 Å². The molecule has 49 heavy (non-hydrogen) atoms. The van der Waals surface area contributed by atoms with E-state index in [9.17, 15) is 14.2 Å². The highest BCUT2D eigenvalue weighted by molar-refractivity contribution is 7.46.